The number of fused-ring (bicyclic) bond motifs is 1. The van der Waals surface area contributed by atoms with Crippen molar-refractivity contribution >= 4 is 34.0 Å². The van der Waals surface area contributed by atoms with Crippen molar-refractivity contribution in [1.82, 2.24) is 5.16 Å². The summed E-state index contributed by atoms with van der Waals surface area (Å²) in [6, 6.07) is 12.9. The molecule has 0 spiro atoms. The summed E-state index contributed by atoms with van der Waals surface area (Å²) in [5.74, 6) is 0. The van der Waals surface area contributed by atoms with E-state index in [4.69, 9.17) is 26.2 Å². The number of rotatable bonds is 5. The predicted octanol–water partition coefficient (Wildman–Crippen LogP) is 4.74. The van der Waals surface area contributed by atoms with Crippen LogP contribution < -0.4 is 0 Å². The maximum absolute atomic E-state index is 9.03. The van der Waals surface area contributed by atoms with Crippen LogP contribution in [0.2, 0.25) is 5.02 Å². The average molecular weight is 358 g/mol. The van der Waals surface area contributed by atoms with E-state index >= 15 is 0 Å². The zero-order chi connectivity index (χ0) is 17.8. The number of benzene rings is 2. The van der Waals surface area contributed by atoms with Gasteiger partial charge in [-0.05, 0) is 32.0 Å². The number of oxime groups is 2. The molecule has 0 radical (unpaired) electrons. The molecule has 0 amide bonds. The van der Waals surface area contributed by atoms with E-state index in [0.717, 1.165) is 16.5 Å². The average Bonchev–Trinajstić information content (AvgIpc) is 3.05. The minimum atomic E-state index is 0.361. The van der Waals surface area contributed by atoms with E-state index in [1.165, 1.54) is 0 Å². The largest absolute Gasteiger partial charge is 0.411 e. The lowest BCUT2D eigenvalue weighted by Gasteiger charge is -2.06. The Labute approximate surface area is 149 Å². The molecule has 0 aliphatic carbocycles. The van der Waals surface area contributed by atoms with E-state index in [-0.39, 0.29) is 0 Å². The van der Waals surface area contributed by atoms with E-state index in [1.807, 2.05) is 37.3 Å². The second kappa shape index (κ2) is 7.36. The van der Waals surface area contributed by atoms with Gasteiger partial charge in [-0.1, -0.05) is 51.3 Å². The van der Waals surface area contributed by atoms with E-state index < -0.39 is 0 Å². The summed E-state index contributed by atoms with van der Waals surface area (Å²) in [6.45, 7) is 3.90. The molecule has 3 aromatic rings. The van der Waals surface area contributed by atoms with E-state index in [2.05, 4.69) is 15.5 Å². The molecule has 128 valence electrons. The van der Waals surface area contributed by atoms with Gasteiger partial charge in [0.15, 0.2) is 5.58 Å². The SMILES string of the molecule is CCO/N=C(/C(C)=N/O)c1ccc(-c2noc3ccc(Cl)cc23)cc1. The molecule has 0 unspecified atom stereocenters. The zero-order valence-electron chi connectivity index (χ0n) is 13.7. The number of aromatic nitrogens is 1. The van der Waals surface area contributed by atoms with Crippen LogP contribution in [0.5, 0.6) is 0 Å². The summed E-state index contributed by atoms with van der Waals surface area (Å²) in [7, 11) is 0. The number of nitrogens with zero attached hydrogens (tertiary/aromatic N) is 3. The lowest BCUT2D eigenvalue weighted by atomic mass is 10.0. The third-order valence-electron chi connectivity index (χ3n) is 3.64. The molecule has 2 aromatic carbocycles. The Hall–Kier alpha value is -2.86. The molecule has 0 aliphatic heterocycles. The van der Waals surface area contributed by atoms with Gasteiger partial charge in [-0.3, -0.25) is 0 Å². The fourth-order valence-electron chi connectivity index (χ4n) is 2.41. The molecule has 1 aromatic heterocycles. The summed E-state index contributed by atoms with van der Waals surface area (Å²) in [5, 5.41) is 21.8. The van der Waals surface area contributed by atoms with Crippen LogP contribution in [-0.4, -0.2) is 28.4 Å². The van der Waals surface area contributed by atoms with Gasteiger partial charge in [-0.15, -0.1) is 0 Å². The molecule has 0 bridgehead atoms. The summed E-state index contributed by atoms with van der Waals surface area (Å²) >= 11 is 6.07. The molecule has 1 heterocycles. The van der Waals surface area contributed by atoms with Crippen LogP contribution in [-0.2, 0) is 4.84 Å². The highest BCUT2D eigenvalue weighted by atomic mass is 35.5. The molecule has 1 N–H and O–H groups in total. The Morgan fingerprint density at radius 1 is 1.24 bits per heavy atom. The summed E-state index contributed by atoms with van der Waals surface area (Å²) in [4.78, 5) is 5.10. The van der Waals surface area contributed by atoms with Gasteiger partial charge in [0.25, 0.3) is 0 Å². The van der Waals surface area contributed by atoms with Crippen molar-refractivity contribution in [2.24, 2.45) is 10.3 Å². The standard InChI is InChI=1S/C18H16ClN3O3/c1-3-24-21-17(11(2)20-23)12-4-6-13(7-5-12)18-15-10-14(19)8-9-16(15)25-22-18/h4-10,23H,3H2,1-2H3/b20-11+,21-17-. The maximum Gasteiger partial charge on any atom is 0.167 e. The quantitative estimate of drug-likeness (QED) is 0.406. The van der Waals surface area contributed by atoms with Crippen LogP contribution in [0.3, 0.4) is 0 Å². The normalized spacial score (nSPS) is 12.6. The lowest BCUT2D eigenvalue weighted by Crippen LogP contribution is -2.13. The Kier molecular flexibility index (Phi) is 5.00. The molecular formula is C18H16ClN3O3. The van der Waals surface area contributed by atoms with Crippen molar-refractivity contribution in [2.75, 3.05) is 6.61 Å². The molecule has 0 saturated carbocycles. The first-order chi connectivity index (χ1) is 12.1. The molecule has 0 aliphatic rings. The van der Waals surface area contributed by atoms with Crippen molar-refractivity contribution < 1.29 is 14.6 Å². The summed E-state index contributed by atoms with van der Waals surface area (Å²) in [6.07, 6.45) is 0. The highest BCUT2D eigenvalue weighted by Gasteiger charge is 2.13. The van der Waals surface area contributed by atoms with Gasteiger partial charge < -0.3 is 14.6 Å². The van der Waals surface area contributed by atoms with Gasteiger partial charge in [-0.25, -0.2) is 0 Å². The third-order valence-corrected chi connectivity index (χ3v) is 3.88. The lowest BCUT2D eigenvalue weighted by molar-refractivity contribution is 0.159. The highest BCUT2D eigenvalue weighted by molar-refractivity contribution is 6.47. The molecule has 3 rings (SSSR count). The van der Waals surface area contributed by atoms with Crippen molar-refractivity contribution in [3.05, 3.63) is 53.1 Å². The minimum absolute atomic E-state index is 0.361. The fraction of sp³-hybridized carbons (Fsp3) is 0.167. The molecule has 6 nitrogen and oxygen atoms in total. The predicted molar refractivity (Wildman–Crippen MR) is 97.5 cm³/mol. The van der Waals surface area contributed by atoms with Crippen LogP contribution in [0.25, 0.3) is 22.2 Å². The van der Waals surface area contributed by atoms with Gasteiger partial charge in [-0.2, -0.15) is 0 Å². The van der Waals surface area contributed by atoms with Crippen molar-refractivity contribution in [2.45, 2.75) is 13.8 Å². The third kappa shape index (κ3) is 3.49. The van der Waals surface area contributed by atoms with Gasteiger partial charge in [0, 0.05) is 16.1 Å². The van der Waals surface area contributed by atoms with Crippen LogP contribution in [0.4, 0.5) is 0 Å². The topological polar surface area (TPSA) is 80.2 Å². The van der Waals surface area contributed by atoms with Gasteiger partial charge in [0.05, 0.1) is 5.39 Å². The maximum atomic E-state index is 9.03. The molecule has 25 heavy (non-hydrogen) atoms. The fourth-order valence-corrected chi connectivity index (χ4v) is 2.58. The van der Waals surface area contributed by atoms with Crippen LogP contribution in [0, 0.1) is 0 Å². The molecule has 0 atom stereocenters. The second-order valence-corrected chi connectivity index (χ2v) is 5.73. The van der Waals surface area contributed by atoms with Crippen LogP contribution >= 0.6 is 11.6 Å². The minimum Gasteiger partial charge on any atom is -0.411 e. The van der Waals surface area contributed by atoms with Crippen molar-refractivity contribution in [3.63, 3.8) is 0 Å². The monoisotopic (exact) mass is 357 g/mol. The molecule has 7 heteroatoms. The van der Waals surface area contributed by atoms with Crippen molar-refractivity contribution in [1.29, 1.82) is 0 Å². The smallest absolute Gasteiger partial charge is 0.167 e. The van der Waals surface area contributed by atoms with Gasteiger partial charge in [0.1, 0.15) is 23.7 Å². The Balaban J connectivity index is 2.00. The Morgan fingerprint density at radius 3 is 2.68 bits per heavy atom. The molecule has 0 fully saturated rings. The first-order valence-electron chi connectivity index (χ1n) is 7.68. The zero-order valence-corrected chi connectivity index (χ0v) is 14.5. The van der Waals surface area contributed by atoms with E-state index in [1.54, 1.807) is 19.1 Å². The van der Waals surface area contributed by atoms with Gasteiger partial charge >= 0.3 is 0 Å². The first kappa shape index (κ1) is 17.0. The van der Waals surface area contributed by atoms with E-state index in [0.29, 0.717) is 34.3 Å². The number of halogens is 1. The number of hydrogen-bond acceptors (Lipinski definition) is 6. The summed E-state index contributed by atoms with van der Waals surface area (Å²) < 4.78 is 5.34. The highest BCUT2D eigenvalue weighted by Crippen LogP contribution is 2.30. The van der Waals surface area contributed by atoms with Gasteiger partial charge in [0.2, 0.25) is 0 Å². The summed E-state index contributed by atoms with van der Waals surface area (Å²) in [5.41, 5.74) is 3.84. The van der Waals surface area contributed by atoms with Crippen LogP contribution in [0.15, 0.2) is 57.3 Å². The van der Waals surface area contributed by atoms with Crippen molar-refractivity contribution in [3.8, 4) is 11.3 Å². The van der Waals surface area contributed by atoms with E-state index in [9.17, 15) is 0 Å². The second-order valence-electron chi connectivity index (χ2n) is 5.29. The molecular weight excluding hydrogens is 342 g/mol. The first-order valence-corrected chi connectivity index (χ1v) is 8.06. The Bertz CT molecular complexity index is 946. The number of hydrogen-bond donors (Lipinski definition) is 1. The molecule has 0 saturated heterocycles. The van der Waals surface area contributed by atoms with Crippen LogP contribution in [0.1, 0.15) is 19.4 Å². The Morgan fingerprint density at radius 2 is 2.00 bits per heavy atom.